The van der Waals surface area contributed by atoms with Crippen molar-refractivity contribution in [2.24, 2.45) is 22.4 Å². The third-order valence-electron chi connectivity index (χ3n) is 7.46. The van der Waals surface area contributed by atoms with Crippen molar-refractivity contribution >= 4 is 40.6 Å². The molecule has 10 N–H and O–H groups in total. The van der Waals surface area contributed by atoms with E-state index < -0.39 is 42.0 Å². The molecule has 5 atom stereocenters. The number of nitrogens with zero attached hydrogens (tertiary/aromatic N) is 1. The number of aromatic amines is 1. The van der Waals surface area contributed by atoms with Gasteiger partial charge in [-0.15, -0.1) is 0 Å². The van der Waals surface area contributed by atoms with E-state index in [1.165, 1.54) is 0 Å². The van der Waals surface area contributed by atoms with Crippen molar-refractivity contribution < 1.29 is 24.3 Å². The lowest BCUT2D eigenvalue weighted by molar-refractivity contribution is -0.143. The fraction of sp³-hybridized carbons (Fsp3) is 0.536. The Labute approximate surface area is 239 Å². The minimum absolute atomic E-state index is 0.0741. The van der Waals surface area contributed by atoms with E-state index in [0.717, 1.165) is 22.9 Å². The van der Waals surface area contributed by atoms with E-state index in [4.69, 9.17) is 11.5 Å². The number of carbonyl (C=O) groups is 4. The van der Waals surface area contributed by atoms with Crippen molar-refractivity contribution in [1.82, 2.24) is 26.3 Å². The van der Waals surface area contributed by atoms with Crippen LogP contribution in [0, 0.1) is 5.92 Å². The first-order valence-corrected chi connectivity index (χ1v) is 14.1. The van der Waals surface area contributed by atoms with Gasteiger partial charge >= 0.3 is 5.97 Å². The van der Waals surface area contributed by atoms with E-state index in [2.05, 4.69) is 31.2 Å². The van der Waals surface area contributed by atoms with Crippen LogP contribution in [-0.2, 0) is 25.6 Å². The summed E-state index contributed by atoms with van der Waals surface area (Å²) in [5.74, 6) is -3.04. The number of amides is 3. The van der Waals surface area contributed by atoms with Gasteiger partial charge in [0.1, 0.15) is 18.1 Å². The lowest BCUT2D eigenvalue weighted by Crippen LogP contribution is -2.58. The Morgan fingerprint density at radius 3 is 2.49 bits per heavy atom. The van der Waals surface area contributed by atoms with E-state index >= 15 is 0 Å². The predicted molar refractivity (Wildman–Crippen MR) is 156 cm³/mol. The van der Waals surface area contributed by atoms with Crippen LogP contribution in [0.4, 0.5) is 0 Å². The number of nitrogens with one attached hydrogen (secondary N) is 5. The Morgan fingerprint density at radius 1 is 1.10 bits per heavy atom. The van der Waals surface area contributed by atoms with Gasteiger partial charge in [0.2, 0.25) is 17.7 Å². The molecule has 13 heteroatoms. The van der Waals surface area contributed by atoms with Gasteiger partial charge in [-0.05, 0) is 49.8 Å². The van der Waals surface area contributed by atoms with E-state index in [1.54, 1.807) is 13.1 Å². The molecule has 1 aliphatic heterocycles. The van der Waals surface area contributed by atoms with Gasteiger partial charge in [-0.25, -0.2) is 4.79 Å². The number of para-hydroxylation sites is 1. The minimum atomic E-state index is -1.15. The molecule has 2 aromatic rings. The highest BCUT2D eigenvalue weighted by Gasteiger charge is 2.33. The molecule has 5 unspecified atom stereocenters. The molecule has 0 radical (unpaired) electrons. The number of carbonyl (C=O) groups excluding carboxylic acids is 3. The maximum atomic E-state index is 13.6. The number of aliphatic carboxylic acids is 1. The Hall–Kier alpha value is -4.13. The quantitative estimate of drug-likeness (QED) is 0.0832. The molecule has 1 aliphatic rings. The Balaban J connectivity index is 1.84. The molecule has 0 spiro atoms. The average molecular weight is 571 g/mol. The Morgan fingerprint density at radius 2 is 1.83 bits per heavy atom. The van der Waals surface area contributed by atoms with Gasteiger partial charge in [0.15, 0.2) is 5.96 Å². The Kier molecular flexibility index (Phi) is 11.5. The summed E-state index contributed by atoms with van der Waals surface area (Å²) in [4.78, 5) is 59.0. The lowest BCUT2D eigenvalue weighted by atomic mass is 9.97. The average Bonchev–Trinajstić information content (AvgIpc) is 3.63. The summed E-state index contributed by atoms with van der Waals surface area (Å²) in [7, 11) is 0. The molecule has 0 aliphatic carbocycles. The highest BCUT2D eigenvalue weighted by molar-refractivity contribution is 5.95. The standard InChI is InChI=1S/C28H42N8O5/c1-3-16(2)23(27(40)41)36-26(39)22(14-17-15-33-19-9-5-4-8-18(17)19)35-25(38)21(11-7-13-32-28(29)30)34-24(37)20-10-6-12-31-20/h4-5,8-9,15-16,20-23,31,33H,3,6-7,10-14H2,1-2H3,(H,34,37)(H,35,38)(H,36,39)(H,40,41)(H4,29,30,32). The molecule has 1 aromatic heterocycles. The van der Waals surface area contributed by atoms with Crippen molar-refractivity contribution in [2.75, 3.05) is 13.1 Å². The SMILES string of the molecule is CCC(C)C(NC(=O)C(Cc1c[nH]c2ccccc12)NC(=O)C(CCCN=C(N)N)NC(=O)C1CCCN1)C(=O)O. The normalized spacial score (nSPS) is 17.7. The van der Waals surface area contributed by atoms with Crippen LogP contribution in [0.1, 0.15) is 51.5 Å². The highest BCUT2D eigenvalue weighted by atomic mass is 16.4. The number of hydrogen-bond acceptors (Lipinski definition) is 6. The van der Waals surface area contributed by atoms with Gasteiger partial charge in [-0.2, -0.15) is 0 Å². The van der Waals surface area contributed by atoms with Gasteiger partial charge < -0.3 is 42.8 Å². The van der Waals surface area contributed by atoms with Crippen LogP contribution in [0.15, 0.2) is 35.5 Å². The summed E-state index contributed by atoms with van der Waals surface area (Å²) in [6.45, 7) is 4.56. The van der Waals surface area contributed by atoms with Crippen molar-refractivity contribution in [3.8, 4) is 0 Å². The molecule has 0 saturated carbocycles. The summed E-state index contributed by atoms with van der Waals surface area (Å²) < 4.78 is 0. The van der Waals surface area contributed by atoms with Crippen LogP contribution in [-0.4, -0.2) is 77.0 Å². The first-order chi connectivity index (χ1) is 19.6. The van der Waals surface area contributed by atoms with E-state index in [1.807, 2.05) is 31.2 Å². The number of carboxylic acid groups (broad SMARTS) is 1. The van der Waals surface area contributed by atoms with Gasteiger partial charge in [0, 0.05) is 30.1 Å². The molecular weight excluding hydrogens is 528 g/mol. The third kappa shape index (κ3) is 8.93. The topological polar surface area (TPSA) is 217 Å². The Bertz CT molecular complexity index is 1240. The number of guanidine groups is 1. The summed E-state index contributed by atoms with van der Waals surface area (Å²) >= 11 is 0. The summed E-state index contributed by atoms with van der Waals surface area (Å²) in [6, 6.07) is 3.96. The molecule has 13 nitrogen and oxygen atoms in total. The fourth-order valence-electron chi connectivity index (χ4n) is 4.89. The van der Waals surface area contributed by atoms with Crippen LogP contribution < -0.4 is 32.7 Å². The molecule has 0 bridgehead atoms. The zero-order valence-corrected chi connectivity index (χ0v) is 23.6. The minimum Gasteiger partial charge on any atom is -0.480 e. The first-order valence-electron chi connectivity index (χ1n) is 14.1. The predicted octanol–water partition coefficient (Wildman–Crippen LogP) is 0.101. The van der Waals surface area contributed by atoms with Gasteiger partial charge in [-0.3, -0.25) is 19.4 Å². The van der Waals surface area contributed by atoms with Crippen molar-refractivity contribution in [3.63, 3.8) is 0 Å². The zero-order valence-electron chi connectivity index (χ0n) is 23.6. The number of benzene rings is 1. The second-order valence-electron chi connectivity index (χ2n) is 10.5. The van der Waals surface area contributed by atoms with E-state index in [0.29, 0.717) is 25.8 Å². The maximum absolute atomic E-state index is 13.6. The molecule has 224 valence electrons. The molecular formula is C28H42N8O5. The van der Waals surface area contributed by atoms with Crippen LogP contribution in [0.2, 0.25) is 0 Å². The van der Waals surface area contributed by atoms with Crippen LogP contribution >= 0.6 is 0 Å². The smallest absolute Gasteiger partial charge is 0.326 e. The number of carboxylic acids is 1. The molecule has 2 heterocycles. The van der Waals surface area contributed by atoms with Crippen molar-refractivity contribution in [3.05, 3.63) is 36.0 Å². The number of aromatic nitrogens is 1. The second kappa shape index (κ2) is 15.0. The zero-order chi connectivity index (χ0) is 29.9. The molecule has 1 aromatic carbocycles. The number of nitrogens with two attached hydrogens (primary N) is 2. The fourth-order valence-corrected chi connectivity index (χ4v) is 4.89. The first kappa shape index (κ1) is 31.4. The van der Waals surface area contributed by atoms with Crippen molar-refractivity contribution in [1.29, 1.82) is 0 Å². The summed E-state index contributed by atoms with van der Waals surface area (Å²) in [5, 5.41) is 22.0. The van der Waals surface area contributed by atoms with Crippen LogP contribution in [0.3, 0.4) is 0 Å². The maximum Gasteiger partial charge on any atom is 0.326 e. The molecule has 41 heavy (non-hydrogen) atoms. The summed E-state index contributed by atoms with van der Waals surface area (Å²) in [6.07, 6.45) is 4.55. The van der Waals surface area contributed by atoms with E-state index in [9.17, 15) is 24.3 Å². The summed E-state index contributed by atoms with van der Waals surface area (Å²) in [5.41, 5.74) is 12.5. The number of aliphatic imine (C=N–C) groups is 1. The third-order valence-corrected chi connectivity index (χ3v) is 7.46. The monoisotopic (exact) mass is 570 g/mol. The molecule has 1 fully saturated rings. The van der Waals surface area contributed by atoms with Gasteiger partial charge in [-0.1, -0.05) is 38.5 Å². The van der Waals surface area contributed by atoms with Crippen LogP contribution in [0.5, 0.6) is 0 Å². The van der Waals surface area contributed by atoms with Crippen molar-refractivity contribution in [2.45, 2.75) is 76.5 Å². The lowest BCUT2D eigenvalue weighted by Gasteiger charge is -2.26. The number of hydrogen-bond donors (Lipinski definition) is 8. The van der Waals surface area contributed by atoms with Gasteiger partial charge in [0.25, 0.3) is 0 Å². The molecule has 3 amide bonds. The largest absolute Gasteiger partial charge is 0.480 e. The second-order valence-corrected chi connectivity index (χ2v) is 10.5. The van der Waals surface area contributed by atoms with Crippen LogP contribution in [0.25, 0.3) is 10.9 Å². The number of H-pyrrole nitrogens is 1. The van der Waals surface area contributed by atoms with E-state index in [-0.39, 0.29) is 37.2 Å². The van der Waals surface area contributed by atoms with Gasteiger partial charge in [0.05, 0.1) is 6.04 Å². The number of rotatable bonds is 15. The molecule has 3 rings (SSSR count). The highest BCUT2D eigenvalue weighted by Crippen LogP contribution is 2.20. The number of fused-ring (bicyclic) bond motifs is 1. The molecule has 1 saturated heterocycles.